The van der Waals surface area contributed by atoms with Gasteiger partial charge in [0.05, 0.1) is 0 Å². The van der Waals surface area contributed by atoms with Gasteiger partial charge in [-0.05, 0) is 19.5 Å². The third kappa shape index (κ3) is 1.34. The smallest absolute Gasteiger partial charge is 0.228 e. The monoisotopic (exact) mass is 168 g/mol. The first-order valence-electron chi connectivity index (χ1n) is 4.32. The summed E-state index contributed by atoms with van der Waals surface area (Å²) in [7, 11) is 0. The van der Waals surface area contributed by atoms with Gasteiger partial charge in [-0.25, -0.2) is 0 Å². The lowest BCUT2D eigenvalue weighted by Gasteiger charge is -2.39. The predicted octanol–water partition coefficient (Wildman–Crippen LogP) is -0.503. The zero-order chi connectivity index (χ0) is 8.55. The molecule has 0 saturated carbocycles. The lowest BCUT2D eigenvalue weighted by atomic mass is 10.00. The molecule has 0 atom stereocenters. The summed E-state index contributed by atoms with van der Waals surface area (Å²) in [5.74, 6) is -0.244. The van der Waals surface area contributed by atoms with E-state index in [1.807, 2.05) is 0 Å². The second-order valence-corrected chi connectivity index (χ2v) is 3.42. The minimum absolute atomic E-state index is 0.122. The molecule has 0 radical (unpaired) electrons. The Kier molecular flexibility index (Phi) is 1.84. The molecule has 0 aromatic carbocycles. The quantitative estimate of drug-likeness (QED) is 0.537. The van der Waals surface area contributed by atoms with Gasteiger partial charge in [-0.3, -0.25) is 19.8 Å². The number of hydrogen-bond donors (Lipinski definition) is 1. The van der Waals surface area contributed by atoms with Gasteiger partial charge in [0.15, 0.2) is 0 Å². The summed E-state index contributed by atoms with van der Waals surface area (Å²) in [6, 6.07) is 0.181. The summed E-state index contributed by atoms with van der Waals surface area (Å²) in [5, 5.41) is 2.31. The highest BCUT2D eigenvalue weighted by molar-refractivity contribution is 5.98. The van der Waals surface area contributed by atoms with Crippen molar-refractivity contribution in [1.82, 2.24) is 10.2 Å². The molecule has 0 unspecified atom stereocenters. The van der Waals surface area contributed by atoms with Crippen LogP contribution < -0.4 is 5.32 Å². The van der Waals surface area contributed by atoms with Crippen LogP contribution in [0.2, 0.25) is 0 Å². The molecule has 2 aliphatic heterocycles. The van der Waals surface area contributed by atoms with Crippen molar-refractivity contribution in [3.05, 3.63) is 0 Å². The van der Waals surface area contributed by atoms with Crippen molar-refractivity contribution >= 4 is 11.8 Å². The Morgan fingerprint density at radius 3 is 2.17 bits per heavy atom. The standard InChI is InChI=1S/C8H12N2O2/c11-7-4-6(5-8(12)9-7)10-2-1-3-10/h6H,1-5H2,(H,9,11,12). The fourth-order valence-corrected chi connectivity index (χ4v) is 1.72. The Bertz CT molecular complexity index is 207. The van der Waals surface area contributed by atoms with Gasteiger partial charge < -0.3 is 0 Å². The lowest BCUT2D eigenvalue weighted by molar-refractivity contribution is -0.136. The Balaban J connectivity index is 1.96. The first kappa shape index (κ1) is 7.73. The lowest BCUT2D eigenvalue weighted by Crippen LogP contribution is -2.52. The normalized spacial score (nSPS) is 26.7. The van der Waals surface area contributed by atoms with Crippen LogP contribution in [0.5, 0.6) is 0 Å². The van der Waals surface area contributed by atoms with E-state index in [-0.39, 0.29) is 17.9 Å². The van der Waals surface area contributed by atoms with Crippen LogP contribution in [-0.4, -0.2) is 35.8 Å². The molecular weight excluding hydrogens is 156 g/mol. The molecule has 1 N–H and O–H groups in total. The van der Waals surface area contributed by atoms with Crippen molar-refractivity contribution in [3.63, 3.8) is 0 Å². The SMILES string of the molecule is O=C1CC(N2CCC2)CC(=O)N1. The van der Waals surface area contributed by atoms with Crippen LogP contribution in [0.25, 0.3) is 0 Å². The topological polar surface area (TPSA) is 49.4 Å². The second-order valence-electron chi connectivity index (χ2n) is 3.42. The number of rotatable bonds is 1. The number of likely N-dealkylation sites (tertiary alicyclic amines) is 1. The third-order valence-corrected chi connectivity index (χ3v) is 2.53. The first-order valence-corrected chi connectivity index (χ1v) is 4.32. The van der Waals surface area contributed by atoms with E-state index in [2.05, 4.69) is 10.2 Å². The van der Waals surface area contributed by atoms with Crippen molar-refractivity contribution in [2.24, 2.45) is 0 Å². The molecule has 2 rings (SSSR count). The zero-order valence-electron chi connectivity index (χ0n) is 6.88. The van der Waals surface area contributed by atoms with Gasteiger partial charge in [0.25, 0.3) is 0 Å². The Hall–Kier alpha value is -0.900. The van der Waals surface area contributed by atoms with Crippen LogP contribution in [0.1, 0.15) is 19.3 Å². The largest absolute Gasteiger partial charge is 0.299 e. The molecule has 0 aromatic heterocycles. The molecule has 2 heterocycles. The van der Waals surface area contributed by atoms with Crippen molar-refractivity contribution in [3.8, 4) is 0 Å². The van der Waals surface area contributed by atoms with Crippen LogP contribution in [0.15, 0.2) is 0 Å². The highest BCUT2D eigenvalue weighted by Crippen LogP contribution is 2.18. The van der Waals surface area contributed by atoms with Crippen LogP contribution >= 0.6 is 0 Å². The molecule has 0 spiro atoms. The maximum Gasteiger partial charge on any atom is 0.228 e. The van der Waals surface area contributed by atoms with Gasteiger partial charge in [0.2, 0.25) is 11.8 Å². The van der Waals surface area contributed by atoms with Gasteiger partial charge in [-0.2, -0.15) is 0 Å². The molecule has 2 amide bonds. The summed E-state index contributed by atoms with van der Waals surface area (Å²) >= 11 is 0. The molecule has 4 heteroatoms. The Morgan fingerprint density at radius 1 is 1.17 bits per heavy atom. The predicted molar refractivity (Wildman–Crippen MR) is 42.4 cm³/mol. The number of hydrogen-bond acceptors (Lipinski definition) is 3. The van der Waals surface area contributed by atoms with E-state index >= 15 is 0 Å². The van der Waals surface area contributed by atoms with E-state index in [1.54, 1.807) is 0 Å². The summed E-state index contributed by atoms with van der Waals surface area (Å²) in [5.41, 5.74) is 0. The number of piperidine rings is 1. The minimum atomic E-state index is -0.122. The van der Waals surface area contributed by atoms with Crippen LogP contribution in [0, 0.1) is 0 Å². The zero-order valence-corrected chi connectivity index (χ0v) is 6.88. The number of imide groups is 1. The Morgan fingerprint density at radius 2 is 1.75 bits per heavy atom. The highest BCUT2D eigenvalue weighted by Gasteiger charge is 2.31. The summed E-state index contributed by atoms with van der Waals surface area (Å²) in [6.07, 6.45) is 2.18. The van der Waals surface area contributed by atoms with E-state index in [1.165, 1.54) is 6.42 Å². The molecule has 2 aliphatic rings. The van der Waals surface area contributed by atoms with Crippen molar-refractivity contribution < 1.29 is 9.59 Å². The average molecular weight is 168 g/mol. The van der Waals surface area contributed by atoms with Crippen LogP contribution in [-0.2, 0) is 9.59 Å². The van der Waals surface area contributed by atoms with Gasteiger partial charge in [0, 0.05) is 18.9 Å². The van der Waals surface area contributed by atoms with E-state index < -0.39 is 0 Å². The van der Waals surface area contributed by atoms with Gasteiger partial charge >= 0.3 is 0 Å². The summed E-state index contributed by atoms with van der Waals surface area (Å²) < 4.78 is 0. The maximum absolute atomic E-state index is 11.0. The molecule has 4 nitrogen and oxygen atoms in total. The summed E-state index contributed by atoms with van der Waals surface area (Å²) in [4.78, 5) is 24.1. The number of nitrogens with zero attached hydrogens (tertiary/aromatic N) is 1. The second kappa shape index (κ2) is 2.86. The van der Waals surface area contributed by atoms with Gasteiger partial charge in [-0.15, -0.1) is 0 Å². The molecule has 0 aliphatic carbocycles. The van der Waals surface area contributed by atoms with Crippen LogP contribution in [0.3, 0.4) is 0 Å². The van der Waals surface area contributed by atoms with Crippen molar-refractivity contribution in [2.45, 2.75) is 25.3 Å². The van der Waals surface area contributed by atoms with E-state index in [0.29, 0.717) is 12.8 Å². The number of carbonyl (C=O) groups is 2. The minimum Gasteiger partial charge on any atom is -0.299 e. The molecule has 66 valence electrons. The number of carbonyl (C=O) groups excluding carboxylic acids is 2. The highest BCUT2D eigenvalue weighted by atomic mass is 16.2. The van der Waals surface area contributed by atoms with E-state index in [4.69, 9.17) is 0 Å². The summed E-state index contributed by atoms with van der Waals surface area (Å²) in [6.45, 7) is 2.09. The average Bonchev–Trinajstić information content (AvgIpc) is 1.79. The fourth-order valence-electron chi connectivity index (χ4n) is 1.72. The maximum atomic E-state index is 11.0. The van der Waals surface area contributed by atoms with Gasteiger partial charge in [-0.1, -0.05) is 0 Å². The van der Waals surface area contributed by atoms with Crippen molar-refractivity contribution in [1.29, 1.82) is 0 Å². The first-order chi connectivity index (χ1) is 5.75. The number of amides is 2. The van der Waals surface area contributed by atoms with Crippen LogP contribution in [0.4, 0.5) is 0 Å². The molecule has 0 aromatic rings. The molecule has 12 heavy (non-hydrogen) atoms. The van der Waals surface area contributed by atoms with E-state index in [0.717, 1.165) is 13.1 Å². The molecule has 2 saturated heterocycles. The molecule has 0 bridgehead atoms. The van der Waals surface area contributed by atoms with Gasteiger partial charge in [0.1, 0.15) is 0 Å². The van der Waals surface area contributed by atoms with Crippen molar-refractivity contribution in [2.75, 3.05) is 13.1 Å². The number of nitrogens with one attached hydrogen (secondary N) is 1. The third-order valence-electron chi connectivity index (χ3n) is 2.53. The molecular formula is C8H12N2O2. The molecule has 2 fully saturated rings. The van der Waals surface area contributed by atoms with E-state index in [9.17, 15) is 9.59 Å². The fraction of sp³-hybridized carbons (Fsp3) is 0.750. The Labute approximate surface area is 70.9 Å².